The van der Waals surface area contributed by atoms with Crippen LogP contribution in [0.25, 0.3) is 0 Å². The van der Waals surface area contributed by atoms with Crippen LogP contribution in [0.3, 0.4) is 0 Å². The molecule has 2 unspecified atom stereocenters. The SMILES string of the molecule is O=C(C1CNCCO1)N1CCCN2CCCC2C1. The molecule has 3 rings (SSSR count). The van der Waals surface area contributed by atoms with Crippen LogP contribution in [0, 0.1) is 0 Å². The number of ether oxygens (including phenoxy) is 1. The van der Waals surface area contributed by atoms with E-state index in [1.165, 1.54) is 19.4 Å². The molecule has 18 heavy (non-hydrogen) atoms. The molecule has 3 fully saturated rings. The standard InChI is InChI=1S/C13H23N3O2/c17-13(12-9-14-4-8-18-12)16-7-2-6-15-5-1-3-11(15)10-16/h11-12,14H,1-10H2. The molecule has 3 aliphatic heterocycles. The van der Waals surface area contributed by atoms with Gasteiger partial charge in [-0.15, -0.1) is 0 Å². The molecule has 3 saturated heterocycles. The maximum atomic E-state index is 12.4. The quantitative estimate of drug-likeness (QED) is 0.695. The molecule has 5 heteroatoms. The van der Waals surface area contributed by atoms with Crippen molar-refractivity contribution >= 4 is 5.91 Å². The van der Waals surface area contributed by atoms with Gasteiger partial charge in [-0.2, -0.15) is 0 Å². The Morgan fingerprint density at radius 2 is 2.11 bits per heavy atom. The Kier molecular flexibility index (Phi) is 3.82. The molecular formula is C13H23N3O2. The number of carbonyl (C=O) groups excluding carboxylic acids is 1. The van der Waals surface area contributed by atoms with Crippen LogP contribution >= 0.6 is 0 Å². The number of nitrogens with zero attached hydrogens (tertiary/aromatic N) is 2. The van der Waals surface area contributed by atoms with E-state index in [1.54, 1.807) is 0 Å². The summed E-state index contributed by atoms with van der Waals surface area (Å²) in [5.74, 6) is 0.191. The number of carbonyl (C=O) groups is 1. The molecule has 102 valence electrons. The molecule has 0 bridgehead atoms. The van der Waals surface area contributed by atoms with Crippen LogP contribution in [0.15, 0.2) is 0 Å². The molecule has 0 radical (unpaired) electrons. The van der Waals surface area contributed by atoms with Crippen LogP contribution in [0.4, 0.5) is 0 Å². The van der Waals surface area contributed by atoms with Crippen molar-refractivity contribution in [2.45, 2.75) is 31.4 Å². The van der Waals surface area contributed by atoms with Crippen LogP contribution in [-0.2, 0) is 9.53 Å². The van der Waals surface area contributed by atoms with Gasteiger partial charge in [0.2, 0.25) is 0 Å². The van der Waals surface area contributed by atoms with E-state index in [2.05, 4.69) is 10.2 Å². The van der Waals surface area contributed by atoms with E-state index in [9.17, 15) is 4.79 Å². The summed E-state index contributed by atoms with van der Waals surface area (Å²) in [6, 6.07) is 0.591. The molecule has 0 aromatic rings. The van der Waals surface area contributed by atoms with Crippen LogP contribution in [0.5, 0.6) is 0 Å². The van der Waals surface area contributed by atoms with Crippen molar-refractivity contribution in [3.63, 3.8) is 0 Å². The van der Waals surface area contributed by atoms with Crippen molar-refractivity contribution in [3.05, 3.63) is 0 Å². The fourth-order valence-corrected chi connectivity index (χ4v) is 3.33. The second-order valence-electron chi connectivity index (χ2n) is 5.53. The fourth-order valence-electron chi connectivity index (χ4n) is 3.33. The number of amides is 1. The zero-order valence-corrected chi connectivity index (χ0v) is 10.9. The Morgan fingerprint density at radius 1 is 1.22 bits per heavy atom. The Balaban J connectivity index is 1.61. The van der Waals surface area contributed by atoms with Gasteiger partial charge in [-0.25, -0.2) is 0 Å². The van der Waals surface area contributed by atoms with E-state index >= 15 is 0 Å². The molecule has 0 aliphatic carbocycles. The average molecular weight is 253 g/mol. The second kappa shape index (κ2) is 5.55. The van der Waals surface area contributed by atoms with E-state index in [0.717, 1.165) is 32.6 Å². The monoisotopic (exact) mass is 253 g/mol. The van der Waals surface area contributed by atoms with E-state index < -0.39 is 0 Å². The number of fused-ring (bicyclic) bond motifs is 1. The first-order chi connectivity index (χ1) is 8.84. The predicted octanol–water partition coefficient (Wildman–Crippen LogP) is -0.328. The highest BCUT2D eigenvalue weighted by molar-refractivity contribution is 5.81. The lowest BCUT2D eigenvalue weighted by atomic mass is 10.2. The Labute approximate surface area is 108 Å². The Hall–Kier alpha value is -0.650. The van der Waals surface area contributed by atoms with Crippen LogP contribution in [0.2, 0.25) is 0 Å². The highest BCUT2D eigenvalue weighted by Gasteiger charge is 2.33. The Morgan fingerprint density at radius 3 is 2.94 bits per heavy atom. The summed E-state index contributed by atoms with van der Waals surface area (Å²) in [5, 5.41) is 3.23. The predicted molar refractivity (Wildman–Crippen MR) is 68.4 cm³/mol. The Bertz CT molecular complexity index is 305. The molecule has 0 aromatic carbocycles. The number of hydrogen-bond donors (Lipinski definition) is 1. The van der Waals surface area contributed by atoms with Crippen LogP contribution in [-0.4, -0.2) is 73.7 Å². The first-order valence-electron chi connectivity index (χ1n) is 7.20. The molecule has 1 N–H and O–H groups in total. The molecular weight excluding hydrogens is 230 g/mol. The molecule has 1 amide bonds. The summed E-state index contributed by atoms with van der Waals surface area (Å²) in [6.45, 7) is 6.35. The minimum atomic E-state index is -0.258. The highest BCUT2D eigenvalue weighted by Crippen LogP contribution is 2.21. The van der Waals surface area contributed by atoms with Crippen molar-refractivity contribution in [1.82, 2.24) is 15.1 Å². The van der Waals surface area contributed by atoms with Gasteiger partial charge < -0.3 is 15.0 Å². The molecule has 0 aromatic heterocycles. The zero-order chi connectivity index (χ0) is 12.4. The molecule has 5 nitrogen and oxygen atoms in total. The van der Waals surface area contributed by atoms with Gasteiger partial charge in [0.1, 0.15) is 6.10 Å². The maximum Gasteiger partial charge on any atom is 0.253 e. The van der Waals surface area contributed by atoms with Gasteiger partial charge in [-0.3, -0.25) is 9.69 Å². The second-order valence-corrected chi connectivity index (χ2v) is 5.53. The third-order valence-electron chi connectivity index (χ3n) is 4.32. The van der Waals surface area contributed by atoms with Crippen molar-refractivity contribution in [2.75, 3.05) is 45.9 Å². The summed E-state index contributed by atoms with van der Waals surface area (Å²) < 4.78 is 5.58. The molecule has 0 saturated carbocycles. The average Bonchev–Trinajstić information content (AvgIpc) is 2.76. The number of hydrogen-bond acceptors (Lipinski definition) is 4. The first-order valence-corrected chi connectivity index (χ1v) is 7.20. The van der Waals surface area contributed by atoms with E-state index in [1.807, 2.05) is 4.90 Å². The van der Waals surface area contributed by atoms with Crippen LogP contribution in [0.1, 0.15) is 19.3 Å². The largest absolute Gasteiger partial charge is 0.366 e. The molecule has 3 heterocycles. The van der Waals surface area contributed by atoms with Crippen molar-refractivity contribution < 1.29 is 9.53 Å². The third-order valence-corrected chi connectivity index (χ3v) is 4.32. The lowest BCUT2D eigenvalue weighted by Gasteiger charge is -2.30. The van der Waals surface area contributed by atoms with E-state index in [0.29, 0.717) is 19.2 Å². The van der Waals surface area contributed by atoms with E-state index in [-0.39, 0.29) is 12.0 Å². The van der Waals surface area contributed by atoms with Crippen molar-refractivity contribution in [2.24, 2.45) is 0 Å². The fraction of sp³-hybridized carbons (Fsp3) is 0.923. The topological polar surface area (TPSA) is 44.8 Å². The van der Waals surface area contributed by atoms with Gasteiger partial charge in [0.15, 0.2) is 0 Å². The van der Waals surface area contributed by atoms with Crippen molar-refractivity contribution in [3.8, 4) is 0 Å². The lowest BCUT2D eigenvalue weighted by Crippen LogP contribution is -2.51. The van der Waals surface area contributed by atoms with Gasteiger partial charge in [-0.1, -0.05) is 0 Å². The van der Waals surface area contributed by atoms with Gasteiger partial charge in [0, 0.05) is 38.8 Å². The molecule has 2 atom stereocenters. The first kappa shape index (κ1) is 12.4. The van der Waals surface area contributed by atoms with Crippen LogP contribution < -0.4 is 5.32 Å². The van der Waals surface area contributed by atoms with Gasteiger partial charge in [-0.05, 0) is 25.8 Å². The molecule has 0 spiro atoms. The third kappa shape index (κ3) is 2.53. The van der Waals surface area contributed by atoms with Gasteiger partial charge >= 0.3 is 0 Å². The van der Waals surface area contributed by atoms with Gasteiger partial charge in [0.25, 0.3) is 5.91 Å². The maximum absolute atomic E-state index is 12.4. The van der Waals surface area contributed by atoms with E-state index in [4.69, 9.17) is 4.74 Å². The lowest BCUT2D eigenvalue weighted by molar-refractivity contribution is -0.145. The number of rotatable bonds is 1. The summed E-state index contributed by atoms with van der Waals surface area (Å²) in [5.41, 5.74) is 0. The normalized spacial score (nSPS) is 34.1. The smallest absolute Gasteiger partial charge is 0.253 e. The molecule has 3 aliphatic rings. The van der Waals surface area contributed by atoms with Crippen molar-refractivity contribution in [1.29, 1.82) is 0 Å². The minimum Gasteiger partial charge on any atom is -0.366 e. The number of nitrogens with one attached hydrogen (secondary N) is 1. The van der Waals surface area contributed by atoms with Gasteiger partial charge in [0.05, 0.1) is 6.61 Å². The number of morpholine rings is 1. The summed E-state index contributed by atoms with van der Waals surface area (Å²) in [7, 11) is 0. The summed E-state index contributed by atoms with van der Waals surface area (Å²) in [4.78, 5) is 17.0. The minimum absolute atomic E-state index is 0.191. The zero-order valence-electron chi connectivity index (χ0n) is 10.9. The summed E-state index contributed by atoms with van der Waals surface area (Å²) in [6.07, 6.45) is 3.37. The highest BCUT2D eigenvalue weighted by atomic mass is 16.5. The summed E-state index contributed by atoms with van der Waals surface area (Å²) >= 11 is 0.